The van der Waals surface area contributed by atoms with Crippen LogP contribution < -0.4 is 10.1 Å². The third kappa shape index (κ3) is 6.32. The molecule has 0 aliphatic carbocycles. The number of urea groups is 1. The van der Waals surface area contributed by atoms with Crippen molar-refractivity contribution in [3.63, 3.8) is 0 Å². The van der Waals surface area contributed by atoms with Crippen LogP contribution in [0.2, 0.25) is 0 Å². The number of rotatable bonds is 9. The van der Waals surface area contributed by atoms with Gasteiger partial charge in [-0.2, -0.15) is 0 Å². The molecule has 1 aromatic heterocycles. The van der Waals surface area contributed by atoms with Crippen LogP contribution in [0.5, 0.6) is 5.75 Å². The van der Waals surface area contributed by atoms with Crippen LogP contribution in [-0.4, -0.2) is 40.6 Å². The number of amides is 2. The smallest absolute Gasteiger partial charge is 0.317 e. The molecule has 0 unspecified atom stereocenters. The van der Waals surface area contributed by atoms with Gasteiger partial charge in [0.05, 0.1) is 19.2 Å². The van der Waals surface area contributed by atoms with Crippen molar-refractivity contribution in [1.29, 1.82) is 0 Å². The number of aromatic nitrogens is 1. The molecule has 2 N–H and O–H groups in total. The highest BCUT2D eigenvalue weighted by atomic mass is 16.5. The number of pyridine rings is 1. The maximum absolute atomic E-state index is 12.9. The zero-order valence-corrected chi connectivity index (χ0v) is 19.2. The van der Waals surface area contributed by atoms with Gasteiger partial charge in [-0.05, 0) is 48.2 Å². The number of nitrogens with zero attached hydrogens (tertiary/aromatic N) is 2. The van der Waals surface area contributed by atoms with Crippen molar-refractivity contribution in [1.82, 2.24) is 15.2 Å². The predicted molar refractivity (Wildman–Crippen MR) is 127 cm³/mol. The van der Waals surface area contributed by atoms with Gasteiger partial charge in [-0.3, -0.25) is 9.78 Å². The van der Waals surface area contributed by atoms with E-state index in [1.807, 2.05) is 50.2 Å². The molecule has 1 heterocycles. The molecule has 2 aromatic carbocycles. The summed E-state index contributed by atoms with van der Waals surface area (Å²) < 4.78 is 5.53. The van der Waals surface area contributed by atoms with Gasteiger partial charge in [0.2, 0.25) is 0 Å². The molecule has 0 spiro atoms. The first-order chi connectivity index (χ1) is 15.9. The molecule has 0 atom stereocenters. The molecule has 0 aliphatic heterocycles. The van der Waals surface area contributed by atoms with Gasteiger partial charge in [-0.25, -0.2) is 4.79 Å². The number of carbonyl (C=O) groups excluding carboxylic acids is 1. The molecular weight excluding hydrogens is 418 g/mol. The Bertz CT molecular complexity index is 1120. The van der Waals surface area contributed by atoms with E-state index in [0.29, 0.717) is 42.2 Å². The van der Waals surface area contributed by atoms with Gasteiger partial charge >= 0.3 is 12.0 Å². The van der Waals surface area contributed by atoms with Crippen molar-refractivity contribution in [2.45, 2.75) is 33.4 Å². The second-order valence-corrected chi connectivity index (χ2v) is 7.78. The predicted octanol–water partition coefficient (Wildman–Crippen LogP) is 4.42. The molecule has 0 saturated carbocycles. The summed E-state index contributed by atoms with van der Waals surface area (Å²) in [4.78, 5) is 30.4. The summed E-state index contributed by atoms with van der Waals surface area (Å²) in [6.07, 6.45) is 1.66. The van der Waals surface area contributed by atoms with Crippen molar-refractivity contribution in [3.8, 4) is 17.0 Å². The number of aliphatic carboxylic acids is 1. The molecule has 2 amide bonds. The lowest BCUT2D eigenvalue weighted by Crippen LogP contribution is -2.39. The Morgan fingerprint density at radius 1 is 1.09 bits per heavy atom. The topological polar surface area (TPSA) is 91.8 Å². The van der Waals surface area contributed by atoms with Gasteiger partial charge in [-0.1, -0.05) is 42.5 Å². The lowest BCUT2D eigenvalue weighted by Gasteiger charge is -2.23. The summed E-state index contributed by atoms with van der Waals surface area (Å²) in [7, 11) is 1.57. The second-order valence-electron chi connectivity index (χ2n) is 7.78. The van der Waals surface area contributed by atoms with Crippen LogP contribution in [0.3, 0.4) is 0 Å². The van der Waals surface area contributed by atoms with Gasteiger partial charge < -0.3 is 20.1 Å². The number of benzene rings is 2. The van der Waals surface area contributed by atoms with E-state index < -0.39 is 5.97 Å². The highest BCUT2D eigenvalue weighted by molar-refractivity contribution is 5.77. The van der Waals surface area contributed by atoms with Crippen LogP contribution >= 0.6 is 0 Å². The van der Waals surface area contributed by atoms with Crippen molar-refractivity contribution >= 4 is 12.0 Å². The first-order valence-corrected chi connectivity index (χ1v) is 10.8. The summed E-state index contributed by atoms with van der Waals surface area (Å²) >= 11 is 0. The minimum Gasteiger partial charge on any atom is -0.496 e. The van der Waals surface area contributed by atoms with Gasteiger partial charge in [-0.15, -0.1) is 0 Å². The summed E-state index contributed by atoms with van der Waals surface area (Å²) in [5.74, 6) is -0.311. The summed E-state index contributed by atoms with van der Waals surface area (Å²) in [5, 5.41) is 12.2. The maximum atomic E-state index is 12.9. The minimum absolute atomic E-state index is 0.0961. The van der Waals surface area contributed by atoms with Crippen LogP contribution in [0.15, 0.2) is 60.8 Å². The average Bonchev–Trinajstić information content (AvgIpc) is 2.81. The molecule has 172 valence electrons. The Labute approximate surface area is 194 Å². The van der Waals surface area contributed by atoms with Crippen LogP contribution in [-0.2, 0) is 24.3 Å². The number of hydrogen-bond acceptors (Lipinski definition) is 4. The fraction of sp³-hybridized carbons (Fsp3) is 0.269. The van der Waals surface area contributed by atoms with Crippen LogP contribution in [0.25, 0.3) is 11.3 Å². The first kappa shape index (κ1) is 23.8. The number of methoxy groups -OCH3 is 1. The van der Waals surface area contributed by atoms with Gasteiger partial charge in [0.25, 0.3) is 0 Å². The monoisotopic (exact) mass is 447 g/mol. The van der Waals surface area contributed by atoms with Gasteiger partial charge in [0, 0.05) is 31.4 Å². The van der Waals surface area contributed by atoms with Crippen molar-refractivity contribution in [2.24, 2.45) is 0 Å². The standard InChI is InChI=1S/C26H29N3O4/c1-4-29(26(32)28-16-19-8-6-5-7-9-19)17-21-12-18(2)15-27-25(21)22-13-20(14-24(30)31)10-11-23(22)33-3/h5-13,15H,4,14,16-17H2,1-3H3,(H,28,32)(H,30,31). The first-order valence-electron chi connectivity index (χ1n) is 10.8. The Hall–Kier alpha value is -3.87. The van der Waals surface area contributed by atoms with Crippen molar-refractivity contribution < 1.29 is 19.4 Å². The van der Waals surface area contributed by atoms with Crippen LogP contribution in [0.1, 0.15) is 29.2 Å². The minimum atomic E-state index is -0.907. The van der Waals surface area contributed by atoms with E-state index in [0.717, 1.165) is 16.7 Å². The maximum Gasteiger partial charge on any atom is 0.317 e. The Morgan fingerprint density at radius 3 is 2.52 bits per heavy atom. The zero-order valence-electron chi connectivity index (χ0n) is 19.2. The largest absolute Gasteiger partial charge is 0.496 e. The number of carboxylic acid groups (broad SMARTS) is 1. The van der Waals surface area contributed by atoms with E-state index in [1.54, 1.807) is 36.4 Å². The summed E-state index contributed by atoms with van der Waals surface area (Å²) in [5.41, 5.74) is 4.87. The second kappa shape index (κ2) is 11.1. The van der Waals surface area contributed by atoms with E-state index >= 15 is 0 Å². The van der Waals surface area contributed by atoms with Crippen LogP contribution in [0.4, 0.5) is 4.79 Å². The van der Waals surface area contributed by atoms with E-state index in [9.17, 15) is 14.7 Å². The Morgan fingerprint density at radius 2 is 1.85 bits per heavy atom. The van der Waals surface area contributed by atoms with Gasteiger partial charge in [0.15, 0.2) is 0 Å². The van der Waals surface area contributed by atoms with E-state index in [1.165, 1.54) is 0 Å². The van der Waals surface area contributed by atoms with E-state index in [4.69, 9.17) is 4.74 Å². The van der Waals surface area contributed by atoms with Gasteiger partial charge in [0.1, 0.15) is 5.75 Å². The van der Waals surface area contributed by atoms with Crippen molar-refractivity contribution in [3.05, 3.63) is 83.0 Å². The number of carbonyl (C=O) groups is 2. The molecule has 0 saturated heterocycles. The normalized spacial score (nSPS) is 10.5. The molecule has 7 nitrogen and oxygen atoms in total. The molecule has 7 heteroatoms. The number of aryl methyl sites for hydroxylation is 1. The number of ether oxygens (including phenoxy) is 1. The SMILES string of the molecule is CCN(Cc1cc(C)cnc1-c1cc(CC(=O)O)ccc1OC)C(=O)NCc1ccccc1. The molecule has 0 bridgehead atoms. The number of carboxylic acids is 1. The highest BCUT2D eigenvalue weighted by Gasteiger charge is 2.18. The quantitative estimate of drug-likeness (QED) is 0.507. The molecule has 0 radical (unpaired) electrons. The lowest BCUT2D eigenvalue weighted by molar-refractivity contribution is -0.136. The Balaban J connectivity index is 1.89. The van der Waals surface area contributed by atoms with Crippen molar-refractivity contribution in [2.75, 3.05) is 13.7 Å². The molecule has 33 heavy (non-hydrogen) atoms. The molecule has 3 rings (SSSR count). The third-order valence-corrected chi connectivity index (χ3v) is 5.29. The lowest BCUT2D eigenvalue weighted by atomic mass is 9.99. The summed E-state index contributed by atoms with van der Waals surface area (Å²) in [6.45, 7) is 5.20. The van der Waals surface area contributed by atoms with Crippen LogP contribution in [0, 0.1) is 6.92 Å². The fourth-order valence-electron chi connectivity index (χ4n) is 3.64. The average molecular weight is 448 g/mol. The fourth-order valence-corrected chi connectivity index (χ4v) is 3.64. The molecule has 0 fully saturated rings. The van der Waals surface area contributed by atoms with E-state index in [-0.39, 0.29) is 12.5 Å². The molecule has 3 aromatic rings. The number of nitrogens with one attached hydrogen (secondary N) is 1. The summed E-state index contributed by atoms with van der Waals surface area (Å²) in [6, 6.07) is 16.9. The highest BCUT2D eigenvalue weighted by Crippen LogP contribution is 2.33. The Kier molecular flexibility index (Phi) is 8.02. The number of hydrogen-bond donors (Lipinski definition) is 2. The third-order valence-electron chi connectivity index (χ3n) is 5.29. The molecular formula is C26H29N3O4. The molecule has 0 aliphatic rings. The zero-order chi connectivity index (χ0) is 23.8. The van der Waals surface area contributed by atoms with E-state index in [2.05, 4.69) is 10.3 Å².